The molecule has 0 radical (unpaired) electrons. The van der Waals surface area contributed by atoms with Crippen LogP contribution in [-0.4, -0.2) is 38.1 Å². The maximum atomic E-state index is 12.3. The minimum atomic E-state index is -0.718. The molecule has 0 amide bonds. The highest BCUT2D eigenvalue weighted by Gasteiger charge is 2.29. The third-order valence-corrected chi connectivity index (χ3v) is 4.19. The molecule has 9 nitrogen and oxygen atoms in total. The first kappa shape index (κ1) is 19.9. The monoisotopic (exact) mass is 398 g/mol. The fourth-order valence-electron chi connectivity index (χ4n) is 2.85. The SMILES string of the molecule is COc1cc(/C=C2/N=C(c3cc(C)ccc3[N+](=O)[O-])OC2=O)cc(OC)c1OC. The number of aliphatic imine (C=N–C) groups is 1. The Kier molecular flexibility index (Phi) is 5.49. The highest BCUT2D eigenvalue weighted by atomic mass is 16.6. The van der Waals surface area contributed by atoms with Gasteiger partial charge in [-0.25, -0.2) is 9.79 Å². The summed E-state index contributed by atoms with van der Waals surface area (Å²) in [5.41, 5.74) is 1.25. The molecule has 1 aliphatic rings. The number of carbonyl (C=O) groups is 1. The first-order chi connectivity index (χ1) is 13.9. The number of aryl methyl sites for hydroxylation is 1. The van der Waals surface area contributed by atoms with E-state index in [0.717, 1.165) is 5.56 Å². The molecule has 150 valence electrons. The molecule has 0 bridgehead atoms. The van der Waals surface area contributed by atoms with Crippen LogP contribution in [0.1, 0.15) is 16.7 Å². The normalized spacial score (nSPS) is 14.4. The second kappa shape index (κ2) is 8.01. The molecule has 2 aromatic rings. The molecule has 0 N–H and O–H groups in total. The van der Waals surface area contributed by atoms with E-state index in [1.807, 2.05) is 0 Å². The number of esters is 1. The van der Waals surface area contributed by atoms with E-state index in [4.69, 9.17) is 18.9 Å². The number of hydrogen-bond acceptors (Lipinski definition) is 8. The topological polar surface area (TPSA) is 109 Å². The maximum Gasteiger partial charge on any atom is 0.363 e. The number of benzene rings is 2. The Bertz CT molecular complexity index is 1030. The molecule has 0 saturated heterocycles. The average Bonchev–Trinajstić information content (AvgIpc) is 3.07. The predicted molar refractivity (Wildman–Crippen MR) is 105 cm³/mol. The van der Waals surface area contributed by atoms with E-state index in [0.29, 0.717) is 22.8 Å². The maximum absolute atomic E-state index is 12.3. The number of nitrogens with zero attached hydrogens (tertiary/aromatic N) is 2. The molecule has 0 aromatic heterocycles. The summed E-state index contributed by atoms with van der Waals surface area (Å²) in [7, 11) is 4.44. The molecule has 0 saturated carbocycles. The zero-order chi connectivity index (χ0) is 21.1. The number of nitro benzene ring substituents is 1. The molecule has 29 heavy (non-hydrogen) atoms. The van der Waals surface area contributed by atoms with Crippen LogP contribution in [0.2, 0.25) is 0 Å². The Labute approximate surface area is 166 Å². The van der Waals surface area contributed by atoms with Crippen LogP contribution in [0.4, 0.5) is 5.69 Å². The van der Waals surface area contributed by atoms with E-state index in [-0.39, 0.29) is 22.8 Å². The van der Waals surface area contributed by atoms with Crippen molar-refractivity contribution in [1.29, 1.82) is 0 Å². The van der Waals surface area contributed by atoms with Crippen LogP contribution in [0.5, 0.6) is 17.2 Å². The minimum Gasteiger partial charge on any atom is -0.493 e. The molecule has 3 rings (SSSR count). The van der Waals surface area contributed by atoms with E-state index in [1.54, 1.807) is 31.2 Å². The highest BCUT2D eigenvalue weighted by Crippen LogP contribution is 2.39. The largest absolute Gasteiger partial charge is 0.493 e. The summed E-state index contributed by atoms with van der Waals surface area (Å²) < 4.78 is 21.0. The van der Waals surface area contributed by atoms with Gasteiger partial charge in [0.15, 0.2) is 17.2 Å². The van der Waals surface area contributed by atoms with Gasteiger partial charge in [0.05, 0.1) is 26.3 Å². The fourth-order valence-corrected chi connectivity index (χ4v) is 2.85. The summed E-state index contributed by atoms with van der Waals surface area (Å²) in [5, 5.41) is 11.3. The van der Waals surface area contributed by atoms with Gasteiger partial charge in [-0.1, -0.05) is 6.07 Å². The summed E-state index contributed by atoms with van der Waals surface area (Å²) in [5.74, 6) is 0.381. The summed E-state index contributed by atoms with van der Waals surface area (Å²) in [6.07, 6.45) is 1.47. The first-order valence-corrected chi connectivity index (χ1v) is 8.46. The quantitative estimate of drug-likeness (QED) is 0.318. The van der Waals surface area contributed by atoms with Gasteiger partial charge in [0, 0.05) is 6.07 Å². The van der Waals surface area contributed by atoms with Crippen molar-refractivity contribution in [3.63, 3.8) is 0 Å². The standard InChI is InChI=1S/C20H18N2O7/c1-11-5-6-15(22(24)25)13(7-11)19-21-14(20(23)29-19)8-12-9-16(26-2)18(28-4)17(10-12)27-3/h5-10H,1-4H3/b14-8+. The number of methoxy groups -OCH3 is 3. The van der Waals surface area contributed by atoms with Crippen molar-refractivity contribution < 1.29 is 28.7 Å². The molecule has 0 unspecified atom stereocenters. The van der Waals surface area contributed by atoms with Gasteiger partial charge in [-0.3, -0.25) is 10.1 Å². The van der Waals surface area contributed by atoms with E-state index in [2.05, 4.69) is 4.99 Å². The lowest BCUT2D eigenvalue weighted by atomic mass is 10.1. The molecule has 2 aromatic carbocycles. The van der Waals surface area contributed by atoms with Gasteiger partial charge in [-0.05, 0) is 42.3 Å². The third kappa shape index (κ3) is 3.88. The summed E-state index contributed by atoms with van der Waals surface area (Å²) in [6.45, 7) is 1.78. The van der Waals surface area contributed by atoms with Crippen molar-refractivity contribution in [2.45, 2.75) is 6.92 Å². The van der Waals surface area contributed by atoms with Crippen LogP contribution in [0.15, 0.2) is 41.0 Å². The second-order valence-corrected chi connectivity index (χ2v) is 6.07. The Hall–Kier alpha value is -3.88. The Balaban J connectivity index is 2.07. The van der Waals surface area contributed by atoms with E-state index in [9.17, 15) is 14.9 Å². The molecular formula is C20H18N2O7. The van der Waals surface area contributed by atoms with Gasteiger partial charge in [0.2, 0.25) is 11.6 Å². The van der Waals surface area contributed by atoms with Gasteiger partial charge < -0.3 is 18.9 Å². The average molecular weight is 398 g/mol. The molecule has 1 aliphatic heterocycles. The van der Waals surface area contributed by atoms with Gasteiger partial charge in [0.25, 0.3) is 5.69 Å². The fraction of sp³-hybridized carbons (Fsp3) is 0.200. The number of cyclic esters (lactones) is 1. The lowest BCUT2D eigenvalue weighted by molar-refractivity contribution is -0.385. The molecule has 9 heteroatoms. The summed E-state index contributed by atoms with van der Waals surface area (Å²) in [6, 6.07) is 7.79. The van der Waals surface area contributed by atoms with Gasteiger partial charge in [0.1, 0.15) is 5.56 Å². The lowest BCUT2D eigenvalue weighted by Crippen LogP contribution is -2.08. The van der Waals surface area contributed by atoms with Gasteiger partial charge in [-0.2, -0.15) is 0 Å². The van der Waals surface area contributed by atoms with E-state index < -0.39 is 10.9 Å². The number of carbonyl (C=O) groups excluding carboxylic acids is 1. The van der Waals surface area contributed by atoms with Gasteiger partial charge in [-0.15, -0.1) is 0 Å². The zero-order valence-corrected chi connectivity index (χ0v) is 16.2. The smallest absolute Gasteiger partial charge is 0.363 e. The van der Waals surface area contributed by atoms with Crippen molar-refractivity contribution in [1.82, 2.24) is 0 Å². The van der Waals surface area contributed by atoms with Crippen molar-refractivity contribution >= 4 is 23.6 Å². The van der Waals surface area contributed by atoms with Crippen LogP contribution >= 0.6 is 0 Å². The van der Waals surface area contributed by atoms with Crippen molar-refractivity contribution in [2.24, 2.45) is 4.99 Å². The van der Waals surface area contributed by atoms with Gasteiger partial charge >= 0.3 is 5.97 Å². The summed E-state index contributed by atoms with van der Waals surface area (Å²) >= 11 is 0. The number of hydrogen-bond donors (Lipinski definition) is 0. The molecule has 0 aliphatic carbocycles. The number of ether oxygens (including phenoxy) is 4. The number of rotatable bonds is 6. The van der Waals surface area contributed by atoms with Crippen LogP contribution in [0, 0.1) is 17.0 Å². The Morgan fingerprint density at radius 2 is 1.72 bits per heavy atom. The lowest BCUT2D eigenvalue weighted by Gasteiger charge is -2.12. The zero-order valence-electron chi connectivity index (χ0n) is 16.2. The Morgan fingerprint density at radius 3 is 2.28 bits per heavy atom. The van der Waals surface area contributed by atoms with E-state index in [1.165, 1.54) is 33.5 Å². The second-order valence-electron chi connectivity index (χ2n) is 6.07. The van der Waals surface area contributed by atoms with Crippen molar-refractivity contribution in [2.75, 3.05) is 21.3 Å². The minimum absolute atomic E-state index is 0.00919. The summed E-state index contributed by atoms with van der Waals surface area (Å²) in [4.78, 5) is 27.2. The molecule has 0 fully saturated rings. The van der Waals surface area contributed by atoms with Crippen LogP contribution in [0.25, 0.3) is 6.08 Å². The molecule has 1 heterocycles. The van der Waals surface area contributed by atoms with Crippen LogP contribution in [-0.2, 0) is 9.53 Å². The Morgan fingerprint density at radius 1 is 1.07 bits per heavy atom. The highest BCUT2D eigenvalue weighted by molar-refractivity contribution is 6.14. The predicted octanol–water partition coefficient (Wildman–Crippen LogP) is 3.27. The first-order valence-electron chi connectivity index (χ1n) is 8.46. The van der Waals surface area contributed by atoms with Crippen molar-refractivity contribution in [3.05, 3.63) is 62.8 Å². The van der Waals surface area contributed by atoms with E-state index >= 15 is 0 Å². The van der Waals surface area contributed by atoms with Crippen molar-refractivity contribution in [3.8, 4) is 17.2 Å². The molecular weight excluding hydrogens is 380 g/mol. The number of nitro groups is 1. The molecule has 0 spiro atoms. The molecule has 0 atom stereocenters. The van der Waals surface area contributed by atoms with Crippen LogP contribution in [0.3, 0.4) is 0 Å². The van der Waals surface area contributed by atoms with Crippen LogP contribution < -0.4 is 14.2 Å². The third-order valence-electron chi connectivity index (χ3n) is 4.19.